The van der Waals surface area contributed by atoms with E-state index < -0.39 is 0 Å². The lowest BCUT2D eigenvalue weighted by molar-refractivity contribution is 0.460. The van der Waals surface area contributed by atoms with E-state index in [1.165, 1.54) is 17.7 Å². The molecule has 1 aliphatic heterocycles. The summed E-state index contributed by atoms with van der Waals surface area (Å²) >= 11 is 1.76. The highest BCUT2D eigenvalue weighted by molar-refractivity contribution is 7.07. The van der Waals surface area contributed by atoms with Gasteiger partial charge in [0.25, 0.3) is 0 Å². The molecule has 0 bridgehead atoms. The van der Waals surface area contributed by atoms with Crippen LogP contribution in [0.3, 0.4) is 0 Å². The van der Waals surface area contributed by atoms with E-state index >= 15 is 0 Å². The van der Waals surface area contributed by atoms with Crippen molar-refractivity contribution in [3.05, 3.63) is 40.6 Å². The monoisotopic (exact) mass is 261 g/mol. The van der Waals surface area contributed by atoms with Crippen LogP contribution in [0.15, 0.2) is 29.4 Å². The molecule has 3 rings (SSSR count). The van der Waals surface area contributed by atoms with E-state index in [-0.39, 0.29) is 5.41 Å². The summed E-state index contributed by atoms with van der Waals surface area (Å²) in [6.45, 7) is 6.74. The summed E-state index contributed by atoms with van der Waals surface area (Å²) in [7, 11) is 0. The van der Waals surface area contributed by atoms with Crippen LogP contribution in [0.25, 0.3) is 0 Å². The molecule has 1 N–H and O–H groups in total. The maximum absolute atomic E-state index is 4.38. The van der Waals surface area contributed by atoms with Crippen LogP contribution in [0, 0.1) is 0 Å². The van der Waals surface area contributed by atoms with Gasteiger partial charge in [-0.3, -0.25) is 0 Å². The summed E-state index contributed by atoms with van der Waals surface area (Å²) in [6.07, 6.45) is 5.20. The summed E-state index contributed by atoms with van der Waals surface area (Å²) < 4.78 is 2.33. The van der Waals surface area contributed by atoms with Crippen LogP contribution in [-0.2, 0) is 5.41 Å². The van der Waals surface area contributed by atoms with Gasteiger partial charge >= 0.3 is 0 Å². The van der Waals surface area contributed by atoms with E-state index in [9.17, 15) is 0 Å². The molecule has 0 aliphatic carbocycles. The lowest BCUT2D eigenvalue weighted by Gasteiger charge is -2.27. The highest BCUT2D eigenvalue weighted by Gasteiger charge is 2.34. The van der Waals surface area contributed by atoms with Gasteiger partial charge in [-0.15, -0.1) is 0 Å². The molecule has 0 spiro atoms. The third kappa shape index (κ3) is 1.89. The number of rotatable bonds is 3. The van der Waals surface area contributed by atoms with E-state index in [0.717, 1.165) is 13.1 Å². The lowest BCUT2D eigenvalue weighted by atomic mass is 9.86. The second kappa shape index (κ2) is 4.52. The molecule has 3 heterocycles. The zero-order chi connectivity index (χ0) is 12.6. The Labute approximate surface area is 112 Å². The quantitative estimate of drug-likeness (QED) is 0.920. The maximum Gasteiger partial charge on any atom is 0.0954 e. The molecule has 1 fully saturated rings. The maximum atomic E-state index is 4.38. The molecule has 2 aromatic rings. The normalized spacial score (nSPS) is 25.4. The van der Waals surface area contributed by atoms with Gasteiger partial charge in [0.05, 0.1) is 12.4 Å². The van der Waals surface area contributed by atoms with Crippen molar-refractivity contribution in [2.45, 2.75) is 31.7 Å². The molecule has 2 atom stereocenters. The van der Waals surface area contributed by atoms with E-state index in [1.807, 2.05) is 12.5 Å². The molecular formula is C14H19N3S. The minimum Gasteiger partial charge on any atom is -0.327 e. The minimum atomic E-state index is 0.223. The topological polar surface area (TPSA) is 29.9 Å². The SMILES string of the molecule is CC(c1ccsc1)n1cncc1C1(C)CCNC1. The van der Waals surface area contributed by atoms with Crippen molar-refractivity contribution >= 4 is 11.3 Å². The average Bonchev–Trinajstić information content (AvgIpc) is 3.10. The van der Waals surface area contributed by atoms with Gasteiger partial charge in [0, 0.05) is 23.9 Å². The second-order valence-corrected chi connectivity index (χ2v) is 6.19. The molecule has 0 amide bonds. The average molecular weight is 261 g/mol. The van der Waals surface area contributed by atoms with Gasteiger partial charge < -0.3 is 9.88 Å². The fraction of sp³-hybridized carbons (Fsp3) is 0.500. The van der Waals surface area contributed by atoms with Gasteiger partial charge in [0.15, 0.2) is 0 Å². The predicted octanol–water partition coefficient (Wildman–Crippen LogP) is 2.80. The molecule has 2 unspecified atom stereocenters. The van der Waals surface area contributed by atoms with Crippen LogP contribution in [-0.4, -0.2) is 22.6 Å². The van der Waals surface area contributed by atoms with Gasteiger partial charge in [-0.1, -0.05) is 6.92 Å². The van der Waals surface area contributed by atoms with Crippen LogP contribution >= 0.6 is 11.3 Å². The van der Waals surface area contributed by atoms with Gasteiger partial charge in [-0.05, 0) is 42.3 Å². The van der Waals surface area contributed by atoms with Crippen LogP contribution in [0.2, 0.25) is 0 Å². The number of aromatic nitrogens is 2. The molecular weight excluding hydrogens is 242 g/mol. The van der Waals surface area contributed by atoms with Crippen molar-refractivity contribution in [2.24, 2.45) is 0 Å². The van der Waals surface area contributed by atoms with E-state index in [0.29, 0.717) is 6.04 Å². The number of thiophene rings is 1. The van der Waals surface area contributed by atoms with Crippen molar-refractivity contribution < 1.29 is 0 Å². The van der Waals surface area contributed by atoms with Gasteiger partial charge in [-0.2, -0.15) is 11.3 Å². The van der Waals surface area contributed by atoms with E-state index in [4.69, 9.17) is 0 Å². The Morgan fingerprint density at radius 2 is 2.44 bits per heavy atom. The Balaban J connectivity index is 1.96. The van der Waals surface area contributed by atoms with Crippen LogP contribution < -0.4 is 5.32 Å². The van der Waals surface area contributed by atoms with Crippen LogP contribution in [0.4, 0.5) is 0 Å². The smallest absolute Gasteiger partial charge is 0.0954 e. The number of hydrogen-bond donors (Lipinski definition) is 1. The molecule has 1 aliphatic rings. The summed E-state index contributed by atoms with van der Waals surface area (Å²) in [5.74, 6) is 0. The lowest BCUT2D eigenvalue weighted by Crippen LogP contribution is -2.29. The zero-order valence-corrected chi connectivity index (χ0v) is 11.7. The van der Waals surface area contributed by atoms with E-state index in [1.54, 1.807) is 11.3 Å². The first-order valence-corrected chi connectivity index (χ1v) is 7.40. The summed E-state index contributed by atoms with van der Waals surface area (Å²) in [5.41, 5.74) is 2.95. The van der Waals surface area contributed by atoms with Gasteiger partial charge in [-0.25, -0.2) is 4.98 Å². The third-order valence-corrected chi connectivity index (χ3v) is 4.80. The Hall–Kier alpha value is -1.13. The first-order valence-electron chi connectivity index (χ1n) is 6.46. The third-order valence-electron chi connectivity index (χ3n) is 4.10. The van der Waals surface area contributed by atoms with Crippen LogP contribution in [0.1, 0.15) is 37.6 Å². The highest BCUT2D eigenvalue weighted by Crippen LogP contribution is 2.33. The zero-order valence-electron chi connectivity index (χ0n) is 10.9. The molecule has 4 heteroatoms. The molecule has 0 radical (unpaired) electrons. The van der Waals surface area contributed by atoms with Gasteiger partial charge in [0.2, 0.25) is 0 Å². The molecule has 18 heavy (non-hydrogen) atoms. The summed E-state index contributed by atoms with van der Waals surface area (Å²) in [6, 6.07) is 2.57. The molecule has 2 aromatic heterocycles. The Morgan fingerprint density at radius 3 is 3.11 bits per heavy atom. The molecule has 1 saturated heterocycles. The first-order chi connectivity index (χ1) is 8.71. The summed E-state index contributed by atoms with van der Waals surface area (Å²) in [5, 5.41) is 7.83. The fourth-order valence-corrected chi connectivity index (χ4v) is 3.54. The molecule has 0 aromatic carbocycles. The number of nitrogens with zero attached hydrogens (tertiary/aromatic N) is 2. The Morgan fingerprint density at radius 1 is 1.56 bits per heavy atom. The second-order valence-electron chi connectivity index (χ2n) is 5.41. The van der Waals surface area contributed by atoms with Gasteiger partial charge in [0.1, 0.15) is 0 Å². The molecule has 96 valence electrons. The van der Waals surface area contributed by atoms with Crippen molar-refractivity contribution in [3.8, 4) is 0 Å². The highest BCUT2D eigenvalue weighted by atomic mass is 32.1. The fourth-order valence-electron chi connectivity index (χ4n) is 2.79. The molecule has 3 nitrogen and oxygen atoms in total. The van der Waals surface area contributed by atoms with E-state index in [2.05, 4.69) is 45.5 Å². The Bertz CT molecular complexity index is 509. The minimum absolute atomic E-state index is 0.223. The number of imidazole rings is 1. The van der Waals surface area contributed by atoms with Crippen molar-refractivity contribution in [2.75, 3.05) is 13.1 Å². The van der Waals surface area contributed by atoms with Crippen molar-refractivity contribution in [1.82, 2.24) is 14.9 Å². The molecule has 0 saturated carbocycles. The predicted molar refractivity (Wildman–Crippen MR) is 75.2 cm³/mol. The largest absolute Gasteiger partial charge is 0.327 e. The van der Waals surface area contributed by atoms with Crippen molar-refractivity contribution in [3.63, 3.8) is 0 Å². The van der Waals surface area contributed by atoms with Crippen molar-refractivity contribution in [1.29, 1.82) is 0 Å². The first kappa shape index (κ1) is 11.9. The standard InChI is InChI=1S/C14H19N3S/c1-11(12-3-6-18-8-12)17-10-16-7-13(17)14(2)4-5-15-9-14/h3,6-8,10-11,15H,4-5,9H2,1-2H3. The Kier molecular flexibility index (Phi) is 2.99. The summed E-state index contributed by atoms with van der Waals surface area (Å²) in [4.78, 5) is 4.38. The number of hydrogen-bond acceptors (Lipinski definition) is 3. The number of nitrogens with one attached hydrogen (secondary N) is 1. The van der Waals surface area contributed by atoms with Crippen LogP contribution in [0.5, 0.6) is 0 Å².